The van der Waals surface area contributed by atoms with Gasteiger partial charge < -0.3 is 15.0 Å². The summed E-state index contributed by atoms with van der Waals surface area (Å²) < 4.78 is 45.0. The summed E-state index contributed by atoms with van der Waals surface area (Å²) in [5.74, 6) is -0.671. The van der Waals surface area contributed by atoms with E-state index < -0.39 is 24.2 Å². The first-order valence-electron chi connectivity index (χ1n) is 14.3. The fourth-order valence-electron chi connectivity index (χ4n) is 5.50. The summed E-state index contributed by atoms with van der Waals surface area (Å²) in [7, 11) is 1.35. The molecule has 2 saturated carbocycles. The van der Waals surface area contributed by atoms with Gasteiger partial charge in [-0.15, -0.1) is 0 Å². The Balaban J connectivity index is 1.14. The van der Waals surface area contributed by atoms with Crippen LogP contribution in [-0.2, 0) is 9.59 Å². The SMILES string of the molecule is Cc1ccnc([C@H]2C[C@@H]2C(=O)Nc2cc(NC(c3cn4cc(C5CC5)cc(N5CC(=O)N(C)C5=O)c4n3)C(F)(F)F)ncn2)n1. The molecule has 0 radical (unpaired) electrons. The number of nitrogens with zero attached hydrogens (tertiary/aromatic N) is 8. The van der Waals surface area contributed by atoms with E-state index in [0.29, 0.717) is 12.2 Å². The number of amides is 4. The lowest BCUT2D eigenvalue weighted by molar-refractivity contribution is -0.144. The predicted molar refractivity (Wildman–Crippen MR) is 153 cm³/mol. The average Bonchev–Trinajstić information content (AvgIpc) is 3.92. The first kappa shape index (κ1) is 28.6. The molecule has 7 rings (SSSR count). The number of hydrogen-bond acceptors (Lipinski definition) is 9. The first-order chi connectivity index (χ1) is 21.5. The summed E-state index contributed by atoms with van der Waals surface area (Å²) in [6.45, 7) is 1.59. The normalized spacial score (nSPS) is 20.6. The van der Waals surface area contributed by atoms with E-state index in [1.807, 2.05) is 6.92 Å². The number of carbonyl (C=O) groups is 3. The largest absolute Gasteiger partial charge is 0.414 e. The molecule has 45 heavy (non-hydrogen) atoms. The minimum atomic E-state index is -4.81. The molecule has 3 atom stereocenters. The Morgan fingerprint density at radius 1 is 1.07 bits per heavy atom. The number of carbonyl (C=O) groups excluding carboxylic acids is 3. The molecule has 2 aliphatic carbocycles. The van der Waals surface area contributed by atoms with Crippen LogP contribution in [0.1, 0.15) is 59.9 Å². The van der Waals surface area contributed by atoms with Gasteiger partial charge in [-0.1, -0.05) is 0 Å². The van der Waals surface area contributed by atoms with Gasteiger partial charge in [-0.05, 0) is 49.8 Å². The topological polar surface area (TPSA) is 151 Å². The molecule has 0 aromatic carbocycles. The van der Waals surface area contributed by atoms with Crippen LogP contribution in [0.2, 0.25) is 0 Å². The standard InChI is InChI=1S/C29H27F3N10O3/c1-14-5-6-33-25(36-14)17-8-18(17)27(44)39-22-9-21(34-13-35-22)38-24(29(30,31)32)19-11-41-10-16(15-3-4-15)7-20(26(41)37-19)42-12-23(43)40(2)28(42)45/h5-7,9-11,13,15,17-18,24H,3-4,8,12H2,1-2H3,(H2,34,35,38,39,44)/t17-,18-,24?/m0/s1. The Morgan fingerprint density at radius 2 is 1.84 bits per heavy atom. The summed E-state index contributed by atoms with van der Waals surface area (Å²) in [6.07, 6.45) is 3.22. The van der Waals surface area contributed by atoms with Gasteiger partial charge in [0.2, 0.25) is 11.8 Å². The highest BCUT2D eigenvalue weighted by Crippen LogP contribution is 2.47. The number of hydrogen-bond donors (Lipinski definition) is 2. The maximum absolute atomic E-state index is 14.5. The summed E-state index contributed by atoms with van der Waals surface area (Å²) in [5, 5.41) is 5.04. The van der Waals surface area contributed by atoms with Crippen LogP contribution in [0.25, 0.3) is 5.65 Å². The van der Waals surface area contributed by atoms with Crippen molar-refractivity contribution in [2.45, 2.75) is 50.2 Å². The molecule has 13 nitrogen and oxygen atoms in total. The summed E-state index contributed by atoms with van der Waals surface area (Å²) >= 11 is 0. The second kappa shape index (κ2) is 10.5. The number of urea groups is 1. The second-order valence-electron chi connectivity index (χ2n) is 11.6. The minimum Gasteiger partial charge on any atom is -0.354 e. The third-order valence-corrected chi connectivity index (χ3v) is 8.20. The van der Waals surface area contributed by atoms with E-state index in [1.165, 1.54) is 28.6 Å². The lowest BCUT2D eigenvalue weighted by atomic mass is 10.1. The number of anilines is 3. The first-order valence-corrected chi connectivity index (χ1v) is 14.3. The number of imide groups is 1. The minimum absolute atomic E-state index is 0.0296. The zero-order valence-corrected chi connectivity index (χ0v) is 24.1. The number of aryl methyl sites for hydroxylation is 1. The molecule has 1 unspecified atom stereocenters. The van der Waals surface area contributed by atoms with Crippen molar-refractivity contribution >= 4 is 40.8 Å². The fourth-order valence-corrected chi connectivity index (χ4v) is 5.50. The van der Waals surface area contributed by atoms with E-state index in [9.17, 15) is 27.6 Å². The molecule has 16 heteroatoms. The Morgan fingerprint density at radius 3 is 2.53 bits per heavy atom. The van der Waals surface area contributed by atoms with Crippen molar-refractivity contribution in [2.24, 2.45) is 5.92 Å². The zero-order valence-electron chi connectivity index (χ0n) is 24.1. The molecule has 4 aromatic rings. The summed E-state index contributed by atoms with van der Waals surface area (Å²) in [4.78, 5) is 60.9. The van der Waals surface area contributed by atoms with Crippen molar-refractivity contribution in [2.75, 3.05) is 29.1 Å². The molecular formula is C29H27F3N10O3. The van der Waals surface area contributed by atoms with Crippen molar-refractivity contribution in [3.8, 4) is 0 Å². The van der Waals surface area contributed by atoms with E-state index in [-0.39, 0.29) is 58.9 Å². The van der Waals surface area contributed by atoms with Gasteiger partial charge in [-0.3, -0.25) is 19.4 Å². The van der Waals surface area contributed by atoms with Gasteiger partial charge in [0.25, 0.3) is 0 Å². The molecule has 1 saturated heterocycles. The van der Waals surface area contributed by atoms with Crippen LogP contribution in [0, 0.1) is 12.8 Å². The van der Waals surface area contributed by atoms with Crippen molar-refractivity contribution in [1.29, 1.82) is 0 Å². The molecule has 232 valence electrons. The number of rotatable bonds is 8. The second-order valence-corrected chi connectivity index (χ2v) is 11.6. The average molecular weight is 621 g/mol. The highest BCUT2D eigenvalue weighted by molar-refractivity contribution is 6.13. The van der Waals surface area contributed by atoms with E-state index in [2.05, 4.69) is 35.6 Å². The van der Waals surface area contributed by atoms with Crippen LogP contribution >= 0.6 is 0 Å². The molecule has 1 aliphatic heterocycles. The third kappa shape index (κ3) is 5.51. The molecule has 0 bridgehead atoms. The van der Waals surface area contributed by atoms with E-state index in [0.717, 1.165) is 35.3 Å². The van der Waals surface area contributed by atoms with Crippen molar-refractivity contribution in [1.82, 2.24) is 34.2 Å². The highest BCUT2D eigenvalue weighted by Gasteiger charge is 2.47. The number of likely N-dealkylation sites (N-methyl/N-ethyl adjacent to an activating group) is 1. The van der Waals surface area contributed by atoms with E-state index in [1.54, 1.807) is 24.5 Å². The summed E-state index contributed by atoms with van der Waals surface area (Å²) in [6, 6.07) is 1.83. The molecule has 5 heterocycles. The van der Waals surface area contributed by atoms with Gasteiger partial charge >= 0.3 is 12.2 Å². The predicted octanol–water partition coefficient (Wildman–Crippen LogP) is 3.96. The van der Waals surface area contributed by atoms with Crippen LogP contribution in [0.4, 0.5) is 35.3 Å². The highest BCUT2D eigenvalue weighted by atomic mass is 19.4. The van der Waals surface area contributed by atoms with Gasteiger partial charge in [0.1, 0.15) is 30.3 Å². The lowest BCUT2D eigenvalue weighted by Gasteiger charge is -2.20. The van der Waals surface area contributed by atoms with Crippen LogP contribution in [0.3, 0.4) is 0 Å². The Kier molecular flexibility index (Phi) is 6.67. The number of nitrogens with one attached hydrogen (secondary N) is 2. The molecular weight excluding hydrogens is 593 g/mol. The van der Waals surface area contributed by atoms with Crippen molar-refractivity contribution in [3.05, 3.63) is 65.9 Å². The van der Waals surface area contributed by atoms with E-state index in [4.69, 9.17) is 0 Å². The van der Waals surface area contributed by atoms with Gasteiger partial charge in [0.15, 0.2) is 11.7 Å². The van der Waals surface area contributed by atoms with Crippen LogP contribution < -0.4 is 15.5 Å². The molecule has 4 aromatic heterocycles. The smallest absolute Gasteiger partial charge is 0.354 e. The molecule has 3 fully saturated rings. The zero-order chi connectivity index (χ0) is 31.6. The number of aromatic nitrogens is 6. The quantitative estimate of drug-likeness (QED) is 0.279. The van der Waals surface area contributed by atoms with Crippen molar-refractivity contribution in [3.63, 3.8) is 0 Å². The number of imidazole rings is 1. The maximum Gasteiger partial charge on any atom is 0.414 e. The Labute approximate surface area is 253 Å². The number of fused-ring (bicyclic) bond motifs is 1. The maximum atomic E-state index is 14.5. The molecule has 2 N–H and O–H groups in total. The van der Waals surface area contributed by atoms with Crippen LogP contribution in [0.15, 0.2) is 43.1 Å². The molecule has 4 amide bonds. The number of halogens is 3. The Bertz CT molecular complexity index is 1860. The van der Waals surface area contributed by atoms with Crippen LogP contribution in [-0.4, -0.2) is 71.8 Å². The van der Waals surface area contributed by atoms with Gasteiger partial charge in [0.05, 0.1) is 11.4 Å². The molecule has 0 spiro atoms. The lowest BCUT2D eigenvalue weighted by Crippen LogP contribution is -2.30. The number of pyridine rings is 1. The van der Waals surface area contributed by atoms with Gasteiger partial charge in [-0.2, -0.15) is 13.2 Å². The van der Waals surface area contributed by atoms with E-state index >= 15 is 0 Å². The molecule has 3 aliphatic rings. The number of alkyl halides is 3. The van der Waals surface area contributed by atoms with Gasteiger partial charge in [0, 0.05) is 49.2 Å². The fraction of sp³-hybridized carbons (Fsp3) is 0.379. The Hall–Kier alpha value is -5.15. The summed E-state index contributed by atoms with van der Waals surface area (Å²) in [5.41, 5.74) is 1.63. The van der Waals surface area contributed by atoms with Gasteiger partial charge in [-0.25, -0.2) is 29.7 Å². The third-order valence-electron chi connectivity index (χ3n) is 8.20. The monoisotopic (exact) mass is 620 g/mol. The van der Waals surface area contributed by atoms with Crippen molar-refractivity contribution < 1.29 is 27.6 Å². The van der Waals surface area contributed by atoms with Crippen LogP contribution in [0.5, 0.6) is 0 Å².